The molecule has 1 atom stereocenters. The molecule has 1 unspecified atom stereocenters. The summed E-state index contributed by atoms with van der Waals surface area (Å²) in [6.07, 6.45) is 2.46. The van der Waals surface area contributed by atoms with Crippen LogP contribution in [0.4, 0.5) is 23.3 Å². The number of fused-ring (bicyclic) bond motifs is 1. The van der Waals surface area contributed by atoms with Crippen LogP contribution in [0.25, 0.3) is 0 Å². The van der Waals surface area contributed by atoms with Gasteiger partial charge in [-0.15, -0.1) is 0 Å². The minimum atomic E-state index is -0.515. The van der Waals surface area contributed by atoms with Gasteiger partial charge in [0.05, 0.1) is 0 Å². The van der Waals surface area contributed by atoms with Crippen LogP contribution in [0, 0.1) is 0 Å². The Labute approximate surface area is 166 Å². The molecule has 0 spiro atoms. The normalized spacial score (nSPS) is 15.4. The van der Waals surface area contributed by atoms with Crippen molar-refractivity contribution in [2.75, 3.05) is 41.9 Å². The molecule has 0 amide bonds. The van der Waals surface area contributed by atoms with E-state index < -0.39 is 6.17 Å². The van der Waals surface area contributed by atoms with Gasteiger partial charge in [0.2, 0.25) is 5.95 Å². The smallest absolute Gasteiger partial charge is 0.226 e. The highest BCUT2D eigenvalue weighted by molar-refractivity contribution is 5.88. The summed E-state index contributed by atoms with van der Waals surface area (Å²) < 4.78 is 0. The highest BCUT2D eigenvalue weighted by atomic mass is 16.1. The molecule has 150 valence electrons. The molecule has 0 saturated heterocycles. The predicted octanol–water partition coefficient (Wildman–Crippen LogP) is 2.29. The number of aldehydes is 1. The van der Waals surface area contributed by atoms with Gasteiger partial charge < -0.3 is 26.2 Å². The summed E-state index contributed by atoms with van der Waals surface area (Å²) in [5.74, 6) is 1.49. The van der Waals surface area contributed by atoms with E-state index in [0.29, 0.717) is 29.8 Å². The van der Waals surface area contributed by atoms with Crippen molar-refractivity contribution in [2.45, 2.75) is 39.0 Å². The largest absolute Gasteiger partial charge is 0.382 e. The summed E-state index contributed by atoms with van der Waals surface area (Å²) in [7, 11) is 4.09. The van der Waals surface area contributed by atoms with Crippen LogP contribution in [-0.2, 0) is 17.9 Å². The van der Waals surface area contributed by atoms with Crippen molar-refractivity contribution in [1.29, 1.82) is 0 Å². The molecule has 2 heterocycles. The molecule has 0 radical (unpaired) electrons. The lowest BCUT2D eigenvalue weighted by Gasteiger charge is -2.22. The van der Waals surface area contributed by atoms with Crippen LogP contribution >= 0.6 is 0 Å². The van der Waals surface area contributed by atoms with Crippen LogP contribution in [-0.4, -0.2) is 48.0 Å². The Kier molecular flexibility index (Phi) is 6.30. The van der Waals surface area contributed by atoms with Crippen molar-refractivity contribution in [2.24, 2.45) is 0 Å². The van der Waals surface area contributed by atoms with Crippen LogP contribution in [0.1, 0.15) is 30.9 Å². The molecular formula is C20H29N7O. The molecule has 1 aromatic carbocycles. The second-order valence-electron chi connectivity index (χ2n) is 7.32. The van der Waals surface area contributed by atoms with E-state index in [1.165, 1.54) is 5.56 Å². The molecule has 1 aliphatic rings. The number of hydrogen-bond donors (Lipinski definition) is 3. The predicted molar refractivity (Wildman–Crippen MR) is 113 cm³/mol. The number of anilines is 4. The third kappa shape index (κ3) is 4.51. The maximum absolute atomic E-state index is 11.6. The van der Waals surface area contributed by atoms with E-state index in [2.05, 4.69) is 56.7 Å². The fraction of sp³-hybridized carbons (Fsp3) is 0.450. The minimum absolute atomic E-state index is 0.347. The van der Waals surface area contributed by atoms with E-state index in [9.17, 15) is 4.79 Å². The Hall–Kier alpha value is -2.87. The summed E-state index contributed by atoms with van der Waals surface area (Å²) in [5.41, 5.74) is 9.07. The van der Waals surface area contributed by atoms with Gasteiger partial charge in [0.15, 0.2) is 24.1 Å². The van der Waals surface area contributed by atoms with Gasteiger partial charge in [-0.1, -0.05) is 37.6 Å². The van der Waals surface area contributed by atoms with Crippen LogP contribution in [0.5, 0.6) is 0 Å². The highest BCUT2D eigenvalue weighted by Crippen LogP contribution is 2.37. The fourth-order valence-corrected chi connectivity index (χ4v) is 3.22. The average molecular weight is 384 g/mol. The second kappa shape index (κ2) is 8.88. The first-order valence-corrected chi connectivity index (χ1v) is 9.64. The first kappa shape index (κ1) is 19.9. The van der Waals surface area contributed by atoms with Gasteiger partial charge in [0, 0.05) is 19.6 Å². The highest BCUT2D eigenvalue weighted by Gasteiger charge is 2.32. The number of nitrogens with one attached hydrogen (secondary N) is 2. The summed E-state index contributed by atoms with van der Waals surface area (Å²) >= 11 is 0. The fourth-order valence-electron chi connectivity index (χ4n) is 3.22. The van der Waals surface area contributed by atoms with Gasteiger partial charge in [0.25, 0.3) is 0 Å². The van der Waals surface area contributed by atoms with Crippen molar-refractivity contribution >= 4 is 29.6 Å². The topological polar surface area (TPSA) is 99.4 Å². The number of unbranched alkanes of at least 4 members (excludes halogenated alkanes) is 1. The zero-order valence-electron chi connectivity index (χ0n) is 16.8. The van der Waals surface area contributed by atoms with Gasteiger partial charge in [-0.2, -0.15) is 9.97 Å². The van der Waals surface area contributed by atoms with Crippen LogP contribution < -0.4 is 21.3 Å². The van der Waals surface area contributed by atoms with E-state index in [4.69, 9.17) is 5.73 Å². The maximum atomic E-state index is 11.6. The lowest BCUT2D eigenvalue weighted by molar-refractivity contribution is -0.108. The Balaban J connectivity index is 1.82. The lowest BCUT2D eigenvalue weighted by atomic mass is 10.1. The van der Waals surface area contributed by atoms with E-state index in [0.717, 1.165) is 37.8 Å². The Bertz CT molecular complexity index is 807. The number of nitrogen functional groups attached to an aromatic ring is 1. The minimum Gasteiger partial charge on any atom is -0.382 e. The van der Waals surface area contributed by atoms with E-state index in [-0.39, 0.29) is 0 Å². The second-order valence-corrected chi connectivity index (χ2v) is 7.32. The number of carbonyl (C=O) groups is 1. The van der Waals surface area contributed by atoms with E-state index in [1.807, 2.05) is 19.0 Å². The molecule has 4 N–H and O–H groups in total. The van der Waals surface area contributed by atoms with Crippen molar-refractivity contribution in [1.82, 2.24) is 14.9 Å². The third-order valence-corrected chi connectivity index (χ3v) is 4.63. The lowest BCUT2D eigenvalue weighted by Crippen LogP contribution is -2.36. The van der Waals surface area contributed by atoms with E-state index in [1.54, 1.807) is 0 Å². The Morgan fingerprint density at radius 2 is 1.96 bits per heavy atom. The number of hydrogen-bond acceptors (Lipinski definition) is 8. The van der Waals surface area contributed by atoms with Crippen molar-refractivity contribution in [3.8, 4) is 0 Å². The summed E-state index contributed by atoms with van der Waals surface area (Å²) in [6.45, 7) is 4.36. The first-order valence-electron chi connectivity index (χ1n) is 9.64. The van der Waals surface area contributed by atoms with Gasteiger partial charge >= 0.3 is 0 Å². The molecule has 28 heavy (non-hydrogen) atoms. The van der Waals surface area contributed by atoms with Gasteiger partial charge in [-0.3, -0.25) is 4.79 Å². The first-order chi connectivity index (χ1) is 13.5. The molecule has 0 saturated carbocycles. The number of carbonyl (C=O) groups excluding carboxylic acids is 1. The number of nitrogens with two attached hydrogens (primary N) is 1. The third-order valence-electron chi connectivity index (χ3n) is 4.63. The standard InChI is InChI=1S/C20H29N7O/c1-4-5-10-22-20-24-18(21)17-19(25-20)27(16(13-28)23-17)12-15-8-6-14(7-9-15)11-26(2)3/h6-9,13,16,23H,4-5,10-12H2,1-3H3,(H3,21,22,24,25). The van der Waals surface area contributed by atoms with Gasteiger partial charge in [-0.05, 0) is 31.6 Å². The van der Waals surface area contributed by atoms with E-state index >= 15 is 0 Å². The zero-order chi connectivity index (χ0) is 20.1. The Morgan fingerprint density at radius 3 is 2.61 bits per heavy atom. The molecule has 0 fully saturated rings. The van der Waals surface area contributed by atoms with Crippen LogP contribution in [0.2, 0.25) is 0 Å². The molecule has 8 nitrogen and oxygen atoms in total. The molecule has 3 rings (SSSR count). The molecule has 8 heteroatoms. The molecule has 1 aromatic heterocycles. The zero-order valence-corrected chi connectivity index (χ0v) is 16.8. The number of aromatic nitrogens is 2. The Morgan fingerprint density at radius 1 is 1.25 bits per heavy atom. The number of rotatable bonds is 9. The van der Waals surface area contributed by atoms with Gasteiger partial charge in [0.1, 0.15) is 5.69 Å². The monoisotopic (exact) mass is 383 g/mol. The van der Waals surface area contributed by atoms with Crippen LogP contribution in [0.3, 0.4) is 0 Å². The van der Waals surface area contributed by atoms with Crippen molar-refractivity contribution in [3.63, 3.8) is 0 Å². The maximum Gasteiger partial charge on any atom is 0.226 e. The molecule has 0 bridgehead atoms. The SMILES string of the molecule is CCCCNc1nc(N)c2c(n1)N(Cc1ccc(CN(C)C)cc1)C(C=O)N2. The number of benzene rings is 1. The molecule has 1 aliphatic heterocycles. The summed E-state index contributed by atoms with van der Waals surface area (Å²) in [6, 6.07) is 8.40. The average Bonchev–Trinajstić information content (AvgIpc) is 3.01. The van der Waals surface area contributed by atoms with Crippen LogP contribution in [0.15, 0.2) is 24.3 Å². The van der Waals surface area contributed by atoms with Crippen molar-refractivity contribution in [3.05, 3.63) is 35.4 Å². The number of nitrogens with zero attached hydrogens (tertiary/aromatic N) is 4. The molecule has 2 aromatic rings. The van der Waals surface area contributed by atoms with Crippen molar-refractivity contribution < 1.29 is 4.79 Å². The summed E-state index contributed by atoms with van der Waals surface area (Å²) in [4.78, 5) is 24.6. The molecule has 0 aliphatic carbocycles. The summed E-state index contributed by atoms with van der Waals surface area (Å²) in [5, 5.41) is 6.34. The quantitative estimate of drug-likeness (QED) is 0.448. The molecular weight excluding hydrogens is 354 g/mol. The van der Waals surface area contributed by atoms with Gasteiger partial charge in [-0.25, -0.2) is 0 Å².